The monoisotopic (exact) mass is 208 g/mol. The molecule has 0 aliphatic carbocycles. The Hall–Kier alpha value is -1.22. The minimum Gasteiger partial charge on any atom is -0.462 e. The Balaban J connectivity index is 2.53. The normalized spacial score (nSPS) is 9.50. The SMILES string of the molecule is C=C(Sc1ccccc1)C(=O)OCC. The van der Waals surface area contributed by atoms with E-state index in [4.69, 9.17) is 4.74 Å². The highest BCUT2D eigenvalue weighted by atomic mass is 32.2. The van der Waals surface area contributed by atoms with Gasteiger partial charge in [-0.3, -0.25) is 0 Å². The Labute approximate surface area is 88.0 Å². The predicted molar refractivity (Wildman–Crippen MR) is 58.1 cm³/mol. The second kappa shape index (κ2) is 5.50. The highest BCUT2D eigenvalue weighted by molar-refractivity contribution is 8.04. The van der Waals surface area contributed by atoms with Gasteiger partial charge in [0.2, 0.25) is 0 Å². The van der Waals surface area contributed by atoms with Crippen molar-refractivity contribution in [2.75, 3.05) is 6.61 Å². The zero-order valence-corrected chi connectivity index (χ0v) is 8.84. The standard InChI is InChI=1S/C11H12O2S/c1-3-13-11(12)9(2)14-10-7-5-4-6-8-10/h4-8H,2-3H2,1H3. The van der Waals surface area contributed by atoms with Crippen LogP contribution in [0.25, 0.3) is 0 Å². The molecule has 0 bridgehead atoms. The molecule has 0 saturated carbocycles. The molecule has 0 radical (unpaired) electrons. The third-order valence-electron chi connectivity index (χ3n) is 1.49. The minimum absolute atomic E-state index is 0.346. The highest BCUT2D eigenvalue weighted by Gasteiger charge is 2.08. The molecule has 2 nitrogen and oxygen atoms in total. The first kappa shape index (κ1) is 10.9. The van der Waals surface area contributed by atoms with E-state index >= 15 is 0 Å². The summed E-state index contributed by atoms with van der Waals surface area (Å²) in [6, 6.07) is 9.61. The van der Waals surface area contributed by atoms with Gasteiger partial charge in [0.15, 0.2) is 0 Å². The summed E-state index contributed by atoms with van der Waals surface area (Å²) >= 11 is 1.32. The van der Waals surface area contributed by atoms with E-state index in [0.717, 1.165) is 4.90 Å². The summed E-state index contributed by atoms with van der Waals surface area (Å²) < 4.78 is 4.82. The molecule has 0 N–H and O–H groups in total. The molecular formula is C11H12O2S. The van der Waals surface area contributed by atoms with Crippen molar-refractivity contribution in [3.05, 3.63) is 41.8 Å². The number of carbonyl (C=O) groups excluding carboxylic acids is 1. The number of thioether (sulfide) groups is 1. The lowest BCUT2D eigenvalue weighted by Gasteiger charge is -2.04. The lowest BCUT2D eigenvalue weighted by atomic mass is 10.4. The zero-order chi connectivity index (χ0) is 10.4. The maximum Gasteiger partial charge on any atom is 0.344 e. The molecular weight excluding hydrogens is 196 g/mol. The van der Waals surface area contributed by atoms with Crippen LogP contribution in [0.4, 0.5) is 0 Å². The van der Waals surface area contributed by atoms with Gasteiger partial charge in [-0.15, -0.1) is 0 Å². The van der Waals surface area contributed by atoms with Crippen LogP contribution in [0.3, 0.4) is 0 Å². The van der Waals surface area contributed by atoms with Gasteiger partial charge in [0, 0.05) is 4.90 Å². The molecule has 0 spiro atoms. The molecule has 0 aromatic heterocycles. The molecule has 0 amide bonds. The molecule has 74 valence electrons. The summed E-state index contributed by atoms with van der Waals surface area (Å²) in [6.07, 6.45) is 0. The van der Waals surface area contributed by atoms with Crippen molar-refractivity contribution in [3.8, 4) is 0 Å². The molecule has 14 heavy (non-hydrogen) atoms. The number of hydrogen-bond acceptors (Lipinski definition) is 3. The van der Waals surface area contributed by atoms with Gasteiger partial charge in [-0.25, -0.2) is 4.79 Å². The van der Waals surface area contributed by atoms with Crippen LogP contribution in [-0.4, -0.2) is 12.6 Å². The van der Waals surface area contributed by atoms with Gasteiger partial charge in [-0.05, 0) is 19.1 Å². The smallest absolute Gasteiger partial charge is 0.344 e. The van der Waals surface area contributed by atoms with Gasteiger partial charge in [-0.2, -0.15) is 0 Å². The Morgan fingerprint density at radius 3 is 2.64 bits per heavy atom. The predicted octanol–water partition coefficient (Wildman–Crippen LogP) is 2.86. The van der Waals surface area contributed by atoms with Gasteiger partial charge in [-0.1, -0.05) is 36.5 Å². The second-order valence-corrected chi connectivity index (χ2v) is 3.73. The summed E-state index contributed by atoms with van der Waals surface area (Å²) in [5.41, 5.74) is 0. The molecule has 0 atom stereocenters. The number of ether oxygens (including phenoxy) is 1. The van der Waals surface area contributed by atoms with Crippen molar-refractivity contribution >= 4 is 17.7 Å². The summed E-state index contributed by atoms with van der Waals surface area (Å²) in [5.74, 6) is -0.346. The summed E-state index contributed by atoms with van der Waals surface area (Å²) in [7, 11) is 0. The topological polar surface area (TPSA) is 26.3 Å². The third kappa shape index (κ3) is 3.26. The largest absolute Gasteiger partial charge is 0.462 e. The molecule has 0 unspecified atom stereocenters. The number of hydrogen-bond donors (Lipinski definition) is 0. The quantitative estimate of drug-likeness (QED) is 0.432. The van der Waals surface area contributed by atoms with Gasteiger partial charge >= 0.3 is 5.97 Å². The Kier molecular flexibility index (Phi) is 4.26. The van der Waals surface area contributed by atoms with Crippen LogP contribution in [0.1, 0.15) is 6.92 Å². The van der Waals surface area contributed by atoms with Crippen LogP contribution in [-0.2, 0) is 9.53 Å². The molecule has 0 fully saturated rings. The number of benzene rings is 1. The van der Waals surface area contributed by atoms with Crippen LogP contribution in [0.15, 0.2) is 46.7 Å². The Morgan fingerprint density at radius 2 is 2.07 bits per heavy atom. The van der Waals surface area contributed by atoms with Crippen molar-refractivity contribution in [1.82, 2.24) is 0 Å². The first-order chi connectivity index (χ1) is 6.74. The first-order valence-electron chi connectivity index (χ1n) is 4.33. The zero-order valence-electron chi connectivity index (χ0n) is 8.03. The van der Waals surface area contributed by atoms with Gasteiger partial charge in [0.1, 0.15) is 0 Å². The third-order valence-corrected chi connectivity index (χ3v) is 2.41. The molecule has 1 aromatic carbocycles. The number of esters is 1. The lowest BCUT2D eigenvalue weighted by molar-refractivity contribution is -0.137. The fourth-order valence-corrected chi connectivity index (χ4v) is 1.60. The maximum absolute atomic E-state index is 11.2. The van der Waals surface area contributed by atoms with E-state index in [1.165, 1.54) is 11.8 Å². The number of carbonyl (C=O) groups is 1. The molecule has 0 aliphatic heterocycles. The van der Waals surface area contributed by atoms with Gasteiger partial charge < -0.3 is 4.74 Å². The average molecular weight is 208 g/mol. The molecule has 0 heterocycles. The fourth-order valence-electron chi connectivity index (χ4n) is 0.884. The molecule has 0 saturated heterocycles. The van der Waals surface area contributed by atoms with Crippen LogP contribution >= 0.6 is 11.8 Å². The maximum atomic E-state index is 11.2. The van der Waals surface area contributed by atoms with Crippen LogP contribution in [0.5, 0.6) is 0 Å². The summed E-state index contributed by atoms with van der Waals surface area (Å²) in [5, 5.41) is 0. The summed E-state index contributed by atoms with van der Waals surface area (Å²) in [6.45, 7) is 5.82. The van der Waals surface area contributed by atoms with E-state index in [0.29, 0.717) is 11.5 Å². The van der Waals surface area contributed by atoms with Crippen molar-refractivity contribution < 1.29 is 9.53 Å². The van der Waals surface area contributed by atoms with Crippen LogP contribution in [0.2, 0.25) is 0 Å². The second-order valence-electron chi connectivity index (χ2n) is 2.56. The first-order valence-corrected chi connectivity index (χ1v) is 5.14. The van der Waals surface area contributed by atoms with Crippen LogP contribution < -0.4 is 0 Å². The summed E-state index contributed by atoms with van der Waals surface area (Å²) in [4.78, 5) is 12.6. The van der Waals surface area contributed by atoms with E-state index in [2.05, 4.69) is 6.58 Å². The van der Waals surface area contributed by atoms with E-state index < -0.39 is 0 Å². The minimum atomic E-state index is -0.346. The van der Waals surface area contributed by atoms with E-state index in [1.807, 2.05) is 30.3 Å². The molecule has 1 aromatic rings. The van der Waals surface area contributed by atoms with Crippen molar-refractivity contribution in [3.63, 3.8) is 0 Å². The molecule has 3 heteroatoms. The van der Waals surface area contributed by atoms with E-state index in [-0.39, 0.29) is 5.97 Å². The van der Waals surface area contributed by atoms with Crippen LogP contribution in [0, 0.1) is 0 Å². The van der Waals surface area contributed by atoms with Gasteiger partial charge in [0.05, 0.1) is 11.5 Å². The van der Waals surface area contributed by atoms with Crippen molar-refractivity contribution in [1.29, 1.82) is 0 Å². The Bertz CT molecular complexity index is 319. The highest BCUT2D eigenvalue weighted by Crippen LogP contribution is 2.25. The molecule has 0 aliphatic rings. The average Bonchev–Trinajstić information content (AvgIpc) is 2.19. The number of rotatable bonds is 4. The van der Waals surface area contributed by atoms with Gasteiger partial charge in [0.25, 0.3) is 0 Å². The lowest BCUT2D eigenvalue weighted by Crippen LogP contribution is -2.03. The van der Waals surface area contributed by atoms with Crippen molar-refractivity contribution in [2.45, 2.75) is 11.8 Å². The van der Waals surface area contributed by atoms with Crippen molar-refractivity contribution in [2.24, 2.45) is 0 Å². The fraction of sp³-hybridized carbons (Fsp3) is 0.182. The molecule has 1 rings (SSSR count). The van der Waals surface area contributed by atoms with E-state index in [1.54, 1.807) is 6.92 Å². The Morgan fingerprint density at radius 1 is 1.43 bits per heavy atom. The van der Waals surface area contributed by atoms with E-state index in [9.17, 15) is 4.79 Å².